The maximum atomic E-state index is 13.6. The van der Waals surface area contributed by atoms with E-state index >= 15 is 0 Å². The van der Waals surface area contributed by atoms with Crippen LogP contribution in [0.2, 0.25) is 0 Å². The van der Waals surface area contributed by atoms with Crippen LogP contribution in [-0.2, 0) is 9.47 Å². The zero-order valence-electron chi connectivity index (χ0n) is 19.2. The minimum absolute atomic E-state index is 0.0155. The first-order valence-corrected chi connectivity index (χ1v) is 11.1. The van der Waals surface area contributed by atoms with Crippen LogP contribution >= 0.6 is 0 Å². The number of ether oxygens (including phenoxy) is 2. The maximum absolute atomic E-state index is 13.6. The lowest BCUT2D eigenvalue weighted by Gasteiger charge is -2.17. The third-order valence-corrected chi connectivity index (χ3v) is 5.74. The summed E-state index contributed by atoms with van der Waals surface area (Å²) in [6.07, 6.45) is 2.16. The van der Waals surface area contributed by atoms with E-state index in [9.17, 15) is 14.0 Å². The number of hydrogen-bond acceptors (Lipinski definition) is 7. The first-order valence-electron chi connectivity index (χ1n) is 11.1. The molecule has 0 aliphatic carbocycles. The number of H-pyrrole nitrogens is 1. The van der Waals surface area contributed by atoms with Crippen LogP contribution in [0.1, 0.15) is 22.3 Å². The molecule has 0 radical (unpaired) electrons. The van der Waals surface area contributed by atoms with E-state index in [1.165, 1.54) is 30.5 Å². The van der Waals surface area contributed by atoms with Gasteiger partial charge in [-0.05, 0) is 55.0 Å². The molecule has 1 aromatic heterocycles. The van der Waals surface area contributed by atoms with E-state index in [2.05, 4.69) is 15.1 Å². The number of hydrazone groups is 1. The molecule has 1 amide bonds. The van der Waals surface area contributed by atoms with Crippen molar-refractivity contribution >= 4 is 34.4 Å². The number of pyridine rings is 1. The van der Waals surface area contributed by atoms with Gasteiger partial charge in [0.2, 0.25) is 0 Å². The predicted octanol–water partition coefficient (Wildman–Crippen LogP) is 2.61. The molecule has 0 bridgehead atoms. The number of methoxy groups -OCH3 is 1. The molecular formula is C25H26FN5O4. The second kappa shape index (κ2) is 11.0. The fraction of sp³-hybridized carbons (Fsp3) is 0.280. The Bertz CT molecular complexity index is 1320. The van der Waals surface area contributed by atoms with Crippen molar-refractivity contribution in [2.24, 2.45) is 15.9 Å². The van der Waals surface area contributed by atoms with Crippen molar-refractivity contribution in [1.29, 1.82) is 0 Å². The normalized spacial score (nSPS) is 16.5. The largest absolute Gasteiger partial charge is 0.382 e. The lowest BCUT2D eigenvalue weighted by Crippen LogP contribution is -2.30. The summed E-state index contributed by atoms with van der Waals surface area (Å²) in [5.74, 6) is 5.00. The monoisotopic (exact) mass is 479 g/mol. The van der Waals surface area contributed by atoms with Crippen molar-refractivity contribution in [2.45, 2.75) is 12.5 Å². The predicted molar refractivity (Wildman–Crippen MR) is 132 cm³/mol. The van der Waals surface area contributed by atoms with Gasteiger partial charge in [0.05, 0.1) is 36.8 Å². The average Bonchev–Trinajstić information content (AvgIpc) is 3.34. The van der Waals surface area contributed by atoms with Gasteiger partial charge in [-0.3, -0.25) is 14.6 Å². The van der Waals surface area contributed by atoms with Gasteiger partial charge in [0.1, 0.15) is 11.5 Å². The number of aliphatic imine (C=N–C) groups is 1. The molecule has 2 aromatic carbocycles. The zero-order chi connectivity index (χ0) is 24.8. The molecule has 35 heavy (non-hydrogen) atoms. The van der Waals surface area contributed by atoms with Crippen molar-refractivity contribution in [1.82, 2.24) is 9.88 Å². The molecule has 3 aromatic rings. The molecule has 3 N–H and O–H groups in total. The van der Waals surface area contributed by atoms with E-state index in [0.717, 1.165) is 6.42 Å². The number of hydrogen-bond donors (Lipinski definition) is 2. The highest BCUT2D eigenvalue weighted by Gasteiger charge is 2.27. The molecule has 1 aliphatic rings. The SMILES string of the molecule is COCCO[C@H]1CCN(C(=O)c2ccc(N=CC(=NN)c3cc4cc(F)ccc4[nH]c3=O)cc2)C1. The number of aromatic nitrogens is 1. The third-order valence-electron chi connectivity index (χ3n) is 5.74. The van der Waals surface area contributed by atoms with Gasteiger partial charge in [-0.25, -0.2) is 4.39 Å². The second-order valence-electron chi connectivity index (χ2n) is 8.09. The highest BCUT2D eigenvalue weighted by atomic mass is 19.1. The Hall–Kier alpha value is -3.89. The summed E-state index contributed by atoms with van der Waals surface area (Å²) in [5.41, 5.74) is 1.47. The average molecular weight is 480 g/mol. The molecule has 1 atom stereocenters. The fourth-order valence-corrected chi connectivity index (χ4v) is 3.90. The van der Waals surface area contributed by atoms with Crippen LogP contribution in [0.15, 0.2) is 63.4 Å². The molecule has 10 heteroatoms. The van der Waals surface area contributed by atoms with Gasteiger partial charge in [0.15, 0.2) is 0 Å². The van der Waals surface area contributed by atoms with E-state index in [-0.39, 0.29) is 23.3 Å². The van der Waals surface area contributed by atoms with Crippen LogP contribution < -0.4 is 11.4 Å². The minimum atomic E-state index is -0.423. The Kier molecular flexibility index (Phi) is 7.64. The highest BCUT2D eigenvalue weighted by Crippen LogP contribution is 2.19. The molecule has 0 unspecified atom stereocenters. The number of carbonyl (C=O) groups is 1. The van der Waals surface area contributed by atoms with Gasteiger partial charge in [-0.1, -0.05) is 0 Å². The Balaban J connectivity index is 1.43. The molecule has 182 valence electrons. The molecule has 1 fully saturated rings. The van der Waals surface area contributed by atoms with Gasteiger partial charge in [-0.2, -0.15) is 5.10 Å². The molecule has 4 rings (SSSR count). The highest BCUT2D eigenvalue weighted by molar-refractivity contribution is 6.38. The minimum Gasteiger partial charge on any atom is -0.382 e. The first-order chi connectivity index (χ1) is 17.0. The van der Waals surface area contributed by atoms with Gasteiger partial charge in [0, 0.05) is 36.7 Å². The van der Waals surface area contributed by atoms with E-state index in [0.29, 0.717) is 48.5 Å². The lowest BCUT2D eigenvalue weighted by atomic mass is 10.1. The molecule has 1 saturated heterocycles. The summed E-state index contributed by atoms with van der Waals surface area (Å²) >= 11 is 0. The fourth-order valence-electron chi connectivity index (χ4n) is 3.90. The summed E-state index contributed by atoms with van der Waals surface area (Å²) in [6.45, 7) is 2.21. The van der Waals surface area contributed by atoms with Crippen LogP contribution in [0.4, 0.5) is 10.1 Å². The quantitative estimate of drug-likeness (QED) is 0.223. The number of nitrogens with zero attached hydrogens (tertiary/aromatic N) is 3. The Labute approximate surface area is 201 Å². The smallest absolute Gasteiger partial charge is 0.258 e. The Morgan fingerprint density at radius 3 is 2.77 bits per heavy atom. The topological polar surface area (TPSA) is 122 Å². The number of halogens is 1. The van der Waals surface area contributed by atoms with E-state index < -0.39 is 11.4 Å². The molecule has 0 spiro atoms. The number of amides is 1. The van der Waals surface area contributed by atoms with Gasteiger partial charge in [0.25, 0.3) is 11.5 Å². The van der Waals surface area contributed by atoms with Crippen molar-refractivity contribution in [2.75, 3.05) is 33.4 Å². The maximum Gasteiger partial charge on any atom is 0.258 e. The van der Waals surface area contributed by atoms with E-state index in [4.69, 9.17) is 15.3 Å². The van der Waals surface area contributed by atoms with Gasteiger partial charge in [-0.15, -0.1) is 0 Å². The number of fused-ring (bicyclic) bond motifs is 1. The van der Waals surface area contributed by atoms with E-state index in [1.54, 1.807) is 36.3 Å². The number of benzene rings is 2. The van der Waals surface area contributed by atoms with E-state index in [1.807, 2.05) is 0 Å². The molecule has 0 saturated carbocycles. The molecule has 9 nitrogen and oxygen atoms in total. The summed E-state index contributed by atoms with van der Waals surface area (Å²) < 4.78 is 24.3. The number of rotatable bonds is 8. The molecule has 2 heterocycles. The van der Waals surface area contributed by atoms with Crippen LogP contribution in [0, 0.1) is 5.82 Å². The third kappa shape index (κ3) is 5.79. The summed E-state index contributed by atoms with van der Waals surface area (Å²) in [6, 6.07) is 12.4. The van der Waals surface area contributed by atoms with Gasteiger partial charge >= 0.3 is 0 Å². The second-order valence-corrected chi connectivity index (χ2v) is 8.09. The number of nitrogens with two attached hydrogens (primary N) is 1. The molecule has 1 aliphatic heterocycles. The van der Waals surface area contributed by atoms with Crippen LogP contribution in [0.25, 0.3) is 10.9 Å². The summed E-state index contributed by atoms with van der Waals surface area (Å²) in [5, 5.41) is 4.17. The lowest BCUT2D eigenvalue weighted by molar-refractivity contribution is 0.0218. The van der Waals surface area contributed by atoms with Crippen LogP contribution in [-0.4, -0.2) is 67.2 Å². The van der Waals surface area contributed by atoms with Crippen LogP contribution in [0.5, 0.6) is 0 Å². The summed E-state index contributed by atoms with van der Waals surface area (Å²) in [4.78, 5) is 34.1. The number of aromatic amines is 1. The Morgan fingerprint density at radius 2 is 2.03 bits per heavy atom. The van der Waals surface area contributed by atoms with Crippen molar-refractivity contribution in [3.05, 3.63) is 75.8 Å². The molecular weight excluding hydrogens is 453 g/mol. The number of nitrogens with one attached hydrogen (secondary N) is 1. The Morgan fingerprint density at radius 1 is 1.23 bits per heavy atom. The van der Waals surface area contributed by atoms with Crippen LogP contribution in [0.3, 0.4) is 0 Å². The van der Waals surface area contributed by atoms with Crippen molar-refractivity contribution in [3.63, 3.8) is 0 Å². The standard InChI is InChI=1S/C25H26FN5O4/c1-34-10-11-35-20-8-9-31(15-20)25(33)16-2-5-19(6-3-16)28-14-23(30-27)21-13-17-12-18(26)4-7-22(17)29-24(21)32/h2-7,12-14,20H,8-11,15,27H2,1H3,(H,29,32)/t20-/m0/s1. The zero-order valence-corrected chi connectivity index (χ0v) is 19.2. The number of likely N-dealkylation sites (tertiary alicyclic amines) is 1. The first kappa shape index (κ1) is 24.2. The number of carbonyl (C=O) groups excluding carboxylic acids is 1. The summed E-state index contributed by atoms with van der Waals surface area (Å²) in [7, 11) is 1.62. The van der Waals surface area contributed by atoms with Crippen molar-refractivity contribution in [3.8, 4) is 0 Å². The van der Waals surface area contributed by atoms with Crippen molar-refractivity contribution < 1.29 is 18.7 Å². The van der Waals surface area contributed by atoms with Gasteiger partial charge < -0.3 is 25.2 Å².